The zero-order valence-electron chi connectivity index (χ0n) is 11.0. The molecule has 0 spiro atoms. The van der Waals surface area contributed by atoms with Gasteiger partial charge >= 0.3 is 0 Å². The molecule has 0 bridgehead atoms. The van der Waals surface area contributed by atoms with E-state index >= 15 is 0 Å². The van der Waals surface area contributed by atoms with Crippen molar-refractivity contribution in [2.45, 2.75) is 38.6 Å². The minimum Gasteiger partial charge on any atom is -0.313 e. The topological polar surface area (TPSA) is 12.0 Å². The van der Waals surface area contributed by atoms with E-state index in [1.165, 1.54) is 25.7 Å². The van der Waals surface area contributed by atoms with E-state index < -0.39 is 0 Å². The van der Waals surface area contributed by atoms with Gasteiger partial charge in [-0.3, -0.25) is 0 Å². The van der Waals surface area contributed by atoms with Crippen LogP contribution in [0.5, 0.6) is 0 Å². The average molecular weight is 314 g/mol. The molecule has 1 atom stereocenters. The molecule has 1 saturated carbocycles. The van der Waals surface area contributed by atoms with Gasteiger partial charge < -0.3 is 5.32 Å². The molecule has 0 radical (unpaired) electrons. The van der Waals surface area contributed by atoms with E-state index in [4.69, 9.17) is 0 Å². The van der Waals surface area contributed by atoms with Gasteiger partial charge in [-0.25, -0.2) is 4.39 Å². The Morgan fingerprint density at radius 3 is 2.50 bits per heavy atom. The minimum atomic E-state index is -0.109. The third kappa shape index (κ3) is 2.94. The van der Waals surface area contributed by atoms with Gasteiger partial charge in [0.1, 0.15) is 5.82 Å². The number of nitrogens with one attached hydrogen (secondary N) is 1. The summed E-state index contributed by atoms with van der Waals surface area (Å²) in [5, 5.41) is 3.31. The molecule has 100 valence electrons. The number of hydrogen-bond acceptors (Lipinski definition) is 1. The first kappa shape index (κ1) is 14.0. The summed E-state index contributed by atoms with van der Waals surface area (Å²) in [4.78, 5) is 0. The van der Waals surface area contributed by atoms with Crippen molar-refractivity contribution >= 4 is 15.9 Å². The second-order valence-electron chi connectivity index (χ2n) is 5.42. The van der Waals surface area contributed by atoms with E-state index in [9.17, 15) is 4.39 Å². The van der Waals surface area contributed by atoms with Gasteiger partial charge in [-0.15, -0.1) is 0 Å². The molecule has 0 aromatic heterocycles. The molecule has 0 heterocycles. The van der Waals surface area contributed by atoms with Gasteiger partial charge in [0.25, 0.3) is 0 Å². The second-order valence-corrected chi connectivity index (χ2v) is 6.28. The molecule has 2 rings (SSSR count). The van der Waals surface area contributed by atoms with Crippen molar-refractivity contribution in [3.05, 3.63) is 34.1 Å². The lowest BCUT2D eigenvalue weighted by atomic mass is 9.77. The first-order valence-corrected chi connectivity index (χ1v) is 7.54. The Morgan fingerprint density at radius 1 is 1.28 bits per heavy atom. The van der Waals surface area contributed by atoms with Crippen LogP contribution in [-0.4, -0.2) is 7.05 Å². The fourth-order valence-electron chi connectivity index (χ4n) is 3.04. The van der Waals surface area contributed by atoms with Gasteiger partial charge in [0.2, 0.25) is 0 Å². The number of hydrogen-bond donors (Lipinski definition) is 1. The summed E-state index contributed by atoms with van der Waals surface area (Å²) in [7, 11) is 1.93. The molecule has 1 unspecified atom stereocenters. The fraction of sp³-hybridized carbons (Fsp3) is 0.600. The summed E-state index contributed by atoms with van der Waals surface area (Å²) in [5.41, 5.74) is 0.791. The zero-order valence-corrected chi connectivity index (χ0v) is 12.6. The van der Waals surface area contributed by atoms with Crippen LogP contribution in [0, 0.1) is 17.7 Å². The Hall–Kier alpha value is -0.410. The average Bonchev–Trinajstić information content (AvgIpc) is 2.35. The van der Waals surface area contributed by atoms with E-state index in [1.807, 2.05) is 13.1 Å². The molecule has 1 fully saturated rings. The van der Waals surface area contributed by atoms with Crippen LogP contribution in [-0.2, 0) is 0 Å². The highest BCUT2D eigenvalue weighted by molar-refractivity contribution is 9.10. The van der Waals surface area contributed by atoms with Crippen LogP contribution in [0.25, 0.3) is 0 Å². The monoisotopic (exact) mass is 313 g/mol. The number of halogens is 2. The van der Waals surface area contributed by atoms with Gasteiger partial charge in [-0.05, 0) is 43.9 Å². The highest BCUT2D eigenvalue weighted by Gasteiger charge is 2.29. The van der Waals surface area contributed by atoms with Crippen LogP contribution < -0.4 is 5.32 Å². The Morgan fingerprint density at radius 2 is 1.94 bits per heavy atom. The maximum Gasteiger partial charge on any atom is 0.129 e. The van der Waals surface area contributed by atoms with Crippen LogP contribution in [0.4, 0.5) is 4.39 Å². The quantitative estimate of drug-likeness (QED) is 0.854. The molecule has 1 aromatic carbocycles. The lowest BCUT2D eigenvalue weighted by molar-refractivity contribution is 0.234. The highest BCUT2D eigenvalue weighted by atomic mass is 79.9. The molecular formula is C15H21BrFN. The largest absolute Gasteiger partial charge is 0.313 e. The zero-order chi connectivity index (χ0) is 13.1. The molecule has 18 heavy (non-hydrogen) atoms. The molecule has 1 aliphatic rings. The Bertz CT molecular complexity index is 379. The molecule has 0 amide bonds. The Kier molecular flexibility index (Phi) is 4.79. The summed E-state index contributed by atoms with van der Waals surface area (Å²) in [6, 6.07) is 5.34. The van der Waals surface area contributed by atoms with E-state index in [0.29, 0.717) is 5.92 Å². The summed E-state index contributed by atoms with van der Waals surface area (Å²) in [5.74, 6) is 1.25. The van der Waals surface area contributed by atoms with Gasteiger partial charge in [0.15, 0.2) is 0 Å². The second kappa shape index (κ2) is 6.16. The highest BCUT2D eigenvalue weighted by Crippen LogP contribution is 2.39. The van der Waals surface area contributed by atoms with E-state index in [2.05, 4.69) is 28.2 Å². The molecule has 1 N–H and O–H groups in total. The number of rotatable bonds is 3. The minimum absolute atomic E-state index is 0.109. The van der Waals surface area contributed by atoms with Gasteiger partial charge in [0.05, 0.1) is 0 Å². The molecule has 3 heteroatoms. The van der Waals surface area contributed by atoms with Crippen molar-refractivity contribution in [2.24, 2.45) is 11.8 Å². The Balaban J connectivity index is 2.23. The first-order valence-electron chi connectivity index (χ1n) is 6.74. The molecule has 1 aromatic rings. The fourth-order valence-corrected chi connectivity index (χ4v) is 3.63. The number of benzene rings is 1. The van der Waals surface area contributed by atoms with Crippen LogP contribution in [0.2, 0.25) is 0 Å². The van der Waals surface area contributed by atoms with Crippen LogP contribution in [0.15, 0.2) is 22.7 Å². The molecular weight excluding hydrogens is 293 g/mol. The van der Waals surface area contributed by atoms with Crippen LogP contribution >= 0.6 is 15.9 Å². The van der Waals surface area contributed by atoms with Crippen molar-refractivity contribution in [2.75, 3.05) is 7.05 Å². The van der Waals surface area contributed by atoms with Gasteiger partial charge in [-0.2, -0.15) is 0 Å². The first-order chi connectivity index (χ1) is 8.63. The summed E-state index contributed by atoms with van der Waals surface area (Å²) in [6.45, 7) is 2.31. The van der Waals surface area contributed by atoms with E-state index in [-0.39, 0.29) is 11.9 Å². The molecule has 1 nitrogen and oxygen atoms in total. The molecule has 0 aliphatic heterocycles. The van der Waals surface area contributed by atoms with Crippen molar-refractivity contribution in [3.63, 3.8) is 0 Å². The standard InChI is InChI=1S/C15H21BrFN/c1-10-6-8-11(9-7-10)15(18-2)14-12(16)4-3-5-13(14)17/h3-5,10-11,15,18H,6-9H2,1-2H3. The van der Waals surface area contributed by atoms with Crippen molar-refractivity contribution < 1.29 is 4.39 Å². The van der Waals surface area contributed by atoms with Crippen molar-refractivity contribution in [1.29, 1.82) is 0 Å². The van der Waals surface area contributed by atoms with Crippen molar-refractivity contribution in [1.82, 2.24) is 5.32 Å². The van der Waals surface area contributed by atoms with Crippen LogP contribution in [0.1, 0.15) is 44.2 Å². The maximum absolute atomic E-state index is 14.0. The van der Waals surface area contributed by atoms with E-state index in [0.717, 1.165) is 16.0 Å². The van der Waals surface area contributed by atoms with Gasteiger partial charge in [0, 0.05) is 16.1 Å². The van der Waals surface area contributed by atoms with Gasteiger partial charge in [-0.1, -0.05) is 41.8 Å². The lowest BCUT2D eigenvalue weighted by Gasteiger charge is -2.33. The maximum atomic E-state index is 14.0. The molecule has 1 aliphatic carbocycles. The van der Waals surface area contributed by atoms with Crippen molar-refractivity contribution in [3.8, 4) is 0 Å². The predicted octanol–water partition coefficient (Wildman–Crippen LogP) is 4.68. The lowest BCUT2D eigenvalue weighted by Crippen LogP contribution is -2.29. The normalized spacial score (nSPS) is 26.0. The smallest absolute Gasteiger partial charge is 0.129 e. The summed E-state index contributed by atoms with van der Waals surface area (Å²) in [6.07, 6.45) is 4.89. The predicted molar refractivity (Wildman–Crippen MR) is 77.0 cm³/mol. The Labute approximate surface area is 117 Å². The third-order valence-corrected chi connectivity index (χ3v) is 4.85. The van der Waals surface area contributed by atoms with Crippen LogP contribution in [0.3, 0.4) is 0 Å². The summed E-state index contributed by atoms with van der Waals surface area (Å²) < 4.78 is 14.9. The van der Waals surface area contributed by atoms with E-state index in [1.54, 1.807) is 12.1 Å². The summed E-state index contributed by atoms with van der Waals surface area (Å²) >= 11 is 3.49. The molecule has 0 saturated heterocycles. The third-order valence-electron chi connectivity index (χ3n) is 4.15. The SMILES string of the molecule is CNC(c1c(F)cccc1Br)C1CCC(C)CC1.